The summed E-state index contributed by atoms with van der Waals surface area (Å²) in [4.78, 5) is 14.7. The van der Waals surface area contributed by atoms with Gasteiger partial charge in [-0.25, -0.2) is 4.79 Å². The number of benzene rings is 1. The van der Waals surface area contributed by atoms with Crippen molar-refractivity contribution < 1.29 is 15.0 Å². The Balaban J connectivity index is 1.82. The average molecular weight is 290 g/mol. The number of piperazine rings is 1. The monoisotopic (exact) mass is 290 g/mol. The van der Waals surface area contributed by atoms with Gasteiger partial charge >= 0.3 is 6.09 Å². The van der Waals surface area contributed by atoms with E-state index in [-0.39, 0.29) is 12.1 Å². The molecule has 21 heavy (non-hydrogen) atoms. The second-order valence-corrected chi connectivity index (χ2v) is 5.91. The molecule has 5 heteroatoms. The number of aliphatic hydroxyl groups is 1. The minimum Gasteiger partial charge on any atom is -0.465 e. The number of fused-ring (bicyclic) bond motifs is 1. The van der Waals surface area contributed by atoms with E-state index in [0.29, 0.717) is 26.2 Å². The van der Waals surface area contributed by atoms with Crippen molar-refractivity contribution in [1.29, 1.82) is 0 Å². The first-order chi connectivity index (χ1) is 10.2. The van der Waals surface area contributed by atoms with Crippen molar-refractivity contribution in [2.24, 2.45) is 0 Å². The van der Waals surface area contributed by atoms with E-state index in [4.69, 9.17) is 5.11 Å². The number of aliphatic hydroxyl groups excluding tert-OH is 1. The molecule has 2 atom stereocenters. The van der Waals surface area contributed by atoms with E-state index in [1.54, 1.807) is 0 Å². The molecule has 0 bridgehead atoms. The maximum Gasteiger partial charge on any atom is 0.407 e. The van der Waals surface area contributed by atoms with Gasteiger partial charge in [0.2, 0.25) is 0 Å². The normalized spacial score (nSPS) is 27.0. The summed E-state index contributed by atoms with van der Waals surface area (Å²) in [6.45, 7) is 2.40. The molecule has 0 saturated carbocycles. The molecule has 1 saturated heterocycles. The summed E-state index contributed by atoms with van der Waals surface area (Å²) < 4.78 is 0. The Kier molecular flexibility index (Phi) is 4.12. The molecule has 0 radical (unpaired) electrons. The maximum absolute atomic E-state index is 11.0. The lowest BCUT2D eigenvalue weighted by molar-refractivity contribution is 0.0172. The highest BCUT2D eigenvalue weighted by atomic mass is 16.4. The fraction of sp³-hybridized carbons (Fsp3) is 0.562. The molecule has 2 aliphatic rings. The lowest BCUT2D eigenvalue weighted by Gasteiger charge is -2.40. The molecule has 2 N–H and O–H groups in total. The third-order valence-corrected chi connectivity index (χ3v) is 4.66. The molecule has 0 aromatic heterocycles. The molecule has 1 aromatic carbocycles. The molecule has 0 spiro atoms. The summed E-state index contributed by atoms with van der Waals surface area (Å²) in [5.41, 5.74) is 2.53. The molecule has 1 aromatic rings. The van der Waals surface area contributed by atoms with Crippen LogP contribution in [0, 0.1) is 0 Å². The summed E-state index contributed by atoms with van der Waals surface area (Å²) in [6, 6.07) is 8.33. The number of hydrogen-bond donors (Lipinski definition) is 2. The second-order valence-electron chi connectivity index (χ2n) is 5.91. The Morgan fingerprint density at radius 2 is 1.86 bits per heavy atom. The van der Waals surface area contributed by atoms with Gasteiger partial charge in [-0.1, -0.05) is 24.3 Å². The minimum atomic E-state index is -0.850. The Labute approximate surface area is 124 Å². The molecular weight excluding hydrogens is 268 g/mol. The Morgan fingerprint density at radius 1 is 1.14 bits per heavy atom. The summed E-state index contributed by atoms with van der Waals surface area (Å²) >= 11 is 0. The lowest BCUT2D eigenvalue weighted by Crippen LogP contribution is -2.51. The van der Waals surface area contributed by atoms with Crippen LogP contribution in [0.4, 0.5) is 4.79 Å². The fourth-order valence-electron chi connectivity index (χ4n) is 3.55. The van der Waals surface area contributed by atoms with Crippen molar-refractivity contribution in [3.05, 3.63) is 35.4 Å². The van der Waals surface area contributed by atoms with Crippen LogP contribution in [0.15, 0.2) is 24.3 Å². The van der Waals surface area contributed by atoms with E-state index in [9.17, 15) is 9.90 Å². The van der Waals surface area contributed by atoms with Crippen molar-refractivity contribution in [2.45, 2.75) is 31.4 Å². The van der Waals surface area contributed by atoms with Gasteiger partial charge in [-0.2, -0.15) is 0 Å². The first kappa shape index (κ1) is 14.4. The average Bonchev–Trinajstić information content (AvgIpc) is 2.65. The van der Waals surface area contributed by atoms with Crippen LogP contribution in [-0.2, 0) is 6.42 Å². The van der Waals surface area contributed by atoms with Crippen molar-refractivity contribution in [3.63, 3.8) is 0 Å². The summed E-state index contributed by atoms with van der Waals surface area (Å²) in [5, 5.41) is 19.6. The smallest absolute Gasteiger partial charge is 0.407 e. The summed E-state index contributed by atoms with van der Waals surface area (Å²) in [6.07, 6.45) is 1.60. The number of carboxylic acid groups (broad SMARTS) is 1. The predicted octanol–water partition coefficient (Wildman–Crippen LogP) is 1.72. The van der Waals surface area contributed by atoms with Crippen LogP contribution >= 0.6 is 0 Å². The minimum absolute atomic E-state index is 0.000329. The zero-order valence-corrected chi connectivity index (χ0v) is 12.1. The molecule has 1 fully saturated rings. The number of aryl methyl sites for hydroxylation is 1. The zero-order chi connectivity index (χ0) is 14.8. The Hall–Kier alpha value is -1.59. The van der Waals surface area contributed by atoms with E-state index in [1.807, 2.05) is 6.07 Å². The van der Waals surface area contributed by atoms with Crippen molar-refractivity contribution in [2.75, 3.05) is 26.2 Å². The van der Waals surface area contributed by atoms with Crippen LogP contribution in [0.1, 0.15) is 30.0 Å². The second kappa shape index (κ2) is 6.03. The van der Waals surface area contributed by atoms with Gasteiger partial charge in [0.05, 0.1) is 12.1 Å². The van der Waals surface area contributed by atoms with Crippen LogP contribution in [0.5, 0.6) is 0 Å². The zero-order valence-electron chi connectivity index (χ0n) is 12.1. The molecule has 114 valence electrons. The van der Waals surface area contributed by atoms with E-state index in [2.05, 4.69) is 23.1 Å². The Morgan fingerprint density at radius 3 is 2.57 bits per heavy atom. The molecule has 3 rings (SSSR count). The van der Waals surface area contributed by atoms with E-state index in [1.165, 1.54) is 16.0 Å². The van der Waals surface area contributed by atoms with Gasteiger partial charge in [0.15, 0.2) is 0 Å². The number of carbonyl (C=O) groups is 1. The van der Waals surface area contributed by atoms with Gasteiger partial charge in [0.1, 0.15) is 0 Å². The van der Waals surface area contributed by atoms with Crippen molar-refractivity contribution >= 4 is 6.09 Å². The van der Waals surface area contributed by atoms with Gasteiger partial charge in [0, 0.05) is 26.2 Å². The van der Waals surface area contributed by atoms with E-state index >= 15 is 0 Å². The van der Waals surface area contributed by atoms with Crippen LogP contribution < -0.4 is 0 Å². The van der Waals surface area contributed by atoms with Gasteiger partial charge in [-0.05, 0) is 30.4 Å². The molecule has 1 amide bonds. The highest BCUT2D eigenvalue weighted by Gasteiger charge is 2.33. The third-order valence-electron chi connectivity index (χ3n) is 4.66. The predicted molar refractivity (Wildman–Crippen MR) is 79.3 cm³/mol. The summed E-state index contributed by atoms with van der Waals surface area (Å²) in [7, 11) is 0. The van der Waals surface area contributed by atoms with Crippen LogP contribution in [0.25, 0.3) is 0 Å². The van der Waals surface area contributed by atoms with Gasteiger partial charge in [0.25, 0.3) is 0 Å². The molecule has 5 nitrogen and oxygen atoms in total. The standard InChI is InChI=1S/C16H22N2O3/c19-14-7-3-5-12-4-1-2-6-13(12)15(14)17-8-10-18(11-9-17)16(20)21/h1-2,4,6,14-15,19H,3,5,7-11H2,(H,20,21). The van der Waals surface area contributed by atoms with Gasteiger partial charge in [-0.3, -0.25) is 4.90 Å². The largest absolute Gasteiger partial charge is 0.465 e. The first-order valence-electron chi connectivity index (χ1n) is 7.64. The van der Waals surface area contributed by atoms with E-state index in [0.717, 1.165) is 19.3 Å². The fourth-order valence-corrected chi connectivity index (χ4v) is 3.55. The van der Waals surface area contributed by atoms with E-state index < -0.39 is 6.09 Å². The van der Waals surface area contributed by atoms with Crippen molar-refractivity contribution in [1.82, 2.24) is 9.80 Å². The molecule has 1 aliphatic carbocycles. The molecular formula is C16H22N2O3. The topological polar surface area (TPSA) is 64.0 Å². The summed E-state index contributed by atoms with van der Waals surface area (Å²) in [5.74, 6) is 0. The SMILES string of the molecule is O=C(O)N1CCN(C2c3ccccc3CCCC2O)CC1. The molecule has 1 heterocycles. The lowest BCUT2D eigenvalue weighted by atomic mass is 9.95. The first-order valence-corrected chi connectivity index (χ1v) is 7.64. The van der Waals surface area contributed by atoms with Crippen LogP contribution in [0.3, 0.4) is 0 Å². The number of rotatable bonds is 1. The number of amides is 1. The maximum atomic E-state index is 11.0. The van der Waals surface area contributed by atoms with Crippen LogP contribution in [-0.4, -0.2) is 58.4 Å². The Bertz CT molecular complexity index is 512. The third kappa shape index (κ3) is 2.89. The quantitative estimate of drug-likeness (QED) is 0.773. The molecule has 2 unspecified atom stereocenters. The molecule has 1 aliphatic heterocycles. The number of hydrogen-bond acceptors (Lipinski definition) is 3. The highest BCUT2D eigenvalue weighted by Crippen LogP contribution is 2.34. The highest BCUT2D eigenvalue weighted by molar-refractivity contribution is 5.65. The van der Waals surface area contributed by atoms with Gasteiger partial charge in [-0.15, -0.1) is 0 Å². The number of nitrogens with zero attached hydrogens (tertiary/aromatic N) is 2. The van der Waals surface area contributed by atoms with Gasteiger partial charge < -0.3 is 15.1 Å². The van der Waals surface area contributed by atoms with Crippen LogP contribution in [0.2, 0.25) is 0 Å². The van der Waals surface area contributed by atoms with Crippen molar-refractivity contribution in [3.8, 4) is 0 Å².